The van der Waals surface area contributed by atoms with Gasteiger partial charge in [0.05, 0.1) is 17.9 Å². The summed E-state index contributed by atoms with van der Waals surface area (Å²) < 4.78 is 22.4. The number of aliphatic hydroxyl groups is 1. The Morgan fingerprint density at radius 3 is 2.37 bits per heavy atom. The Labute approximate surface area is 116 Å². The third-order valence-corrected chi connectivity index (χ3v) is 5.03. The first-order chi connectivity index (χ1) is 8.85. The van der Waals surface area contributed by atoms with E-state index in [0.29, 0.717) is 18.5 Å². The van der Waals surface area contributed by atoms with E-state index >= 15 is 0 Å². The lowest BCUT2D eigenvalue weighted by molar-refractivity contribution is 0.101. The fourth-order valence-electron chi connectivity index (χ4n) is 2.67. The summed E-state index contributed by atoms with van der Waals surface area (Å²) in [5, 5.41) is 13.4. The first-order valence-corrected chi connectivity index (χ1v) is 9.15. The molecule has 5 nitrogen and oxygen atoms in total. The van der Waals surface area contributed by atoms with Crippen molar-refractivity contribution in [3.8, 4) is 0 Å². The first kappa shape index (κ1) is 15.2. The van der Waals surface area contributed by atoms with E-state index in [-0.39, 0.29) is 17.9 Å². The van der Waals surface area contributed by atoms with E-state index in [1.54, 1.807) is 0 Å². The van der Waals surface area contributed by atoms with Gasteiger partial charge < -0.3 is 15.3 Å². The highest BCUT2D eigenvalue weighted by Gasteiger charge is 2.47. The van der Waals surface area contributed by atoms with Gasteiger partial charge >= 0.3 is 0 Å². The Morgan fingerprint density at radius 2 is 1.95 bits per heavy atom. The molecule has 2 saturated carbocycles. The van der Waals surface area contributed by atoms with Crippen LogP contribution in [0.2, 0.25) is 0 Å². The average molecular weight is 290 g/mol. The molecule has 0 aromatic heterocycles. The zero-order valence-electron chi connectivity index (χ0n) is 11.9. The van der Waals surface area contributed by atoms with Crippen molar-refractivity contribution >= 4 is 9.84 Å². The van der Waals surface area contributed by atoms with E-state index in [0.717, 1.165) is 6.54 Å². The Hall–Kier alpha value is -0.170. The topological polar surface area (TPSA) is 69.6 Å². The molecule has 1 unspecified atom stereocenters. The molecule has 0 aromatic rings. The highest BCUT2D eigenvalue weighted by atomic mass is 32.2. The van der Waals surface area contributed by atoms with E-state index in [1.807, 2.05) is 11.9 Å². The molecule has 2 rings (SSSR count). The quantitative estimate of drug-likeness (QED) is 0.618. The summed E-state index contributed by atoms with van der Waals surface area (Å²) in [6.07, 6.45) is 5.99. The Bertz CT molecular complexity index is 404. The van der Waals surface area contributed by atoms with Crippen LogP contribution in [-0.2, 0) is 9.84 Å². The van der Waals surface area contributed by atoms with E-state index in [2.05, 4.69) is 5.32 Å². The number of sulfone groups is 1. The largest absolute Gasteiger partial charge is 0.394 e. The summed E-state index contributed by atoms with van der Waals surface area (Å²) in [6, 6.07) is 0.552. The van der Waals surface area contributed by atoms with Gasteiger partial charge in [-0.15, -0.1) is 0 Å². The van der Waals surface area contributed by atoms with Gasteiger partial charge in [-0.2, -0.15) is 0 Å². The molecule has 2 aliphatic carbocycles. The maximum atomic E-state index is 11.2. The van der Waals surface area contributed by atoms with Crippen molar-refractivity contribution in [3.05, 3.63) is 0 Å². The Kier molecular flexibility index (Phi) is 4.55. The van der Waals surface area contributed by atoms with Crippen molar-refractivity contribution in [2.45, 2.75) is 37.3 Å². The van der Waals surface area contributed by atoms with Crippen LogP contribution in [-0.4, -0.2) is 68.8 Å². The van der Waals surface area contributed by atoms with E-state index < -0.39 is 9.84 Å². The molecule has 0 aromatic carbocycles. The molecule has 0 amide bonds. The van der Waals surface area contributed by atoms with E-state index in [1.165, 1.54) is 31.9 Å². The molecule has 1 atom stereocenters. The smallest absolute Gasteiger partial charge is 0.148 e. The minimum atomic E-state index is -2.92. The maximum absolute atomic E-state index is 11.2. The molecule has 0 heterocycles. The van der Waals surface area contributed by atoms with Gasteiger partial charge in [-0.05, 0) is 38.6 Å². The van der Waals surface area contributed by atoms with E-state index in [4.69, 9.17) is 0 Å². The molecule has 6 heteroatoms. The fraction of sp³-hybridized carbons (Fsp3) is 1.00. The molecule has 2 fully saturated rings. The molecule has 2 aliphatic rings. The molecule has 0 saturated heterocycles. The zero-order valence-corrected chi connectivity index (χ0v) is 12.7. The maximum Gasteiger partial charge on any atom is 0.148 e. The van der Waals surface area contributed by atoms with Gasteiger partial charge in [0.1, 0.15) is 9.84 Å². The van der Waals surface area contributed by atoms with Gasteiger partial charge in [0, 0.05) is 25.4 Å². The number of rotatable bonds is 9. The second-order valence-corrected chi connectivity index (χ2v) is 8.63. The van der Waals surface area contributed by atoms with Crippen LogP contribution < -0.4 is 5.32 Å². The van der Waals surface area contributed by atoms with Crippen molar-refractivity contribution in [2.24, 2.45) is 5.92 Å². The van der Waals surface area contributed by atoms with Gasteiger partial charge in [0.25, 0.3) is 0 Å². The van der Waals surface area contributed by atoms with Crippen LogP contribution in [0.15, 0.2) is 0 Å². The average Bonchev–Trinajstić information content (AvgIpc) is 3.15. The van der Waals surface area contributed by atoms with Crippen LogP contribution in [0.4, 0.5) is 0 Å². The highest BCUT2D eigenvalue weighted by Crippen LogP contribution is 2.41. The SMILES string of the molecule is CN(CCS(C)(=O)=O)CC(CO)(NC1CC1)C1CC1. The predicted octanol–water partition coefficient (Wildman–Crippen LogP) is -0.144. The number of nitrogens with zero attached hydrogens (tertiary/aromatic N) is 1. The first-order valence-electron chi connectivity index (χ1n) is 7.09. The van der Waals surface area contributed by atoms with Crippen LogP contribution in [0, 0.1) is 5.92 Å². The molecule has 112 valence electrons. The van der Waals surface area contributed by atoms with Crippen LogP contribution >= 0.6 is 0 Å². The van der Waals surface area contributed by atoms with Gasteiger partial charge in [0.2, 0.25) is 0 Å². The molecule has 0 aliphatic heterocycles. The standard InChI is InChI=1S/C13H26N2O3S/c1-15(7-8-19(2,17)18)9-13(10-16,11-3-4-11)14-12-5-6-12/h11-12,14,16H,3-10H2,1-2H3. The Balaban J connectivity index is 1.90. The third-order valence-electron chi connectivity index (χ3n) is 4.11. The van der Waals surface area contributed by atoms with Crippen molar-refractivity contribution in [1.82, 2.24) is 10.2 Å². The molecule has 19 heavy (non-hydrogen) atoms. The number of aliphatic hydroxyl groups excluding tert-OH is 1. The van der Waals surface area contributed by atoms with Crippen LogP contribution in [0.5, 0.6) is 0 Å². The molecule has 0 radical (unpaired) electrons. The monoisotopic (exact) mass is 290 g/mol. The van der Waals surface area contributed by atoms with Crippen LogP contribution in [0.1, 0.15) is 25.7 Å². The lowest BCUT2D eigenvalue weighted by Gasteiger charge is -2.37. The van der Waals surface area contributed by atoms with Crippen molar-refractivity contribution < 1.29 is 13.5 Å². The lowest BCUT2D eigenvalue weighted by atomic mass is 9.93. The lowest BCUT2D eigenvalue weighted by Crippen LogP contribution is -2.58. The molecular weight excluding hydrogens is 264 g/mol. The van der Waals surface area contributed by atoms with Crippen LogP contribution in [0.3, 0.4) is 0 Å². The summed E-state index contributed by atoms with van der Waals surface area (Å²) in [5.74, 6) is 0.720. The van der Waals surface area contributed by atoms with Gasteiger partial charge in [-0.1, -0.05) is 0 Å². The van der Waals surface area contributed by atoms with Gasteiger partial charge in [0.15, 0.2) is 0 Å². The summed E-state index contributed by atoms with van der Waals surface area (Å²) in [4.78, 5) is 2.03. The summed E-state index contributed by atoms with van der Waals surface area (Å²) in [6.45, 7) is 1.39. The summed E-state index contributed by atoms with van der Waals surface area (Å²) in [5.41, 5.74) is -0.229. The van der Waals surface area contributed by atoms with Gasteiger partial charge in [-0.3, -0.25) is 0 Å². The normalized spacial score (nSPS) is 23.6. The third kappa shape index (κ3) is 4.70. The Morgan fingerprint density at radius 1 is 1.32 bits per heavy atom. The van der Waals surface area contributed by atoms with Crippen molar-refractivity contribution in [3.63, 3.8) is 0 Å². The second kappa shape index (κ2) is 5.68. The fourth-order valence-corrected chi connectivity index (χ4v) is 3.31. The minimum Gasteiger partial charge on any atom is -0.394 e. The molecule has 2 N–H and O–H groups in total. The molecule has 0 spiro atoms. The molecule has 0 bridgehead atoms. The number of hydrogen-bond acceptors (Lipinski definition) is 5. The highest BCUT2D eigenvalue weighted by molar-refractivity contribution is 7.90. The number of nitrogens with one attached hydrogen (secondary N) is 1. The number of likely N-dealkylation sites (N-methyl/N-ethyl adjacent to an activating group) is 1. The summed E-state index contributed by atoms with van der Waals surface area (Å²) in [7, 11) is -0.984. The number of hydrogen-bond donors (Lipinski definition) is 2. The van der Waals surface area contributed by atoms with Crippen LogP contribution in [0.25, 0.3) is 0 Å². The molecular formula is C13H26N2O3S. The predicted molar refractivity (Wildman–Crippen MR) is 75.9 cm³/mol. The van der Waals surface area contributed by atoms with Crippen molar-refractivity contribution in [1.29, 1.82) is 0 Å². The minimum absolute atomic E-state index is 0.136. The van der Waals surface area contributed by atoms with Crippen molar-refractivity contribution in [2.75, 3.05) is 38.8 Å². The second-order valence-electron chi connectivity index (χ2n) is 6.37. The zero-order chi connectivity index (χ0) is 14.1. The van der Waals surface area contributed by atoms with Gasteiger partial charge in [-0.25, -0.2) is 8.42 Å². The summed E-state index contributed by atoms with van der Waals surface area (Å²) >= 11 is 0. The van der Waals surface area contributed by atoms with E-state index in [9.17, 15) is 13.5 Å².